The molecule has 2 aromatic heterocycles. The van der Waals surface area contributed by atoms with Gasteiger partial charge in [-0.05, 0) is 43.4 Å². The molecule has 0 amide bonds. The molecule has 0 bridgehead atoms. The predicted molar refractivity (Wildman–Crippen MR) is 71.1 cm³/mol. The molecule has 1 atom stereocenters. The maximum atomic E-state index is 6.21. The summed E-state index contributed by atoms with van der Waals surface area (Å²) in [5.74, 6) is 0.708. The Labute approximate surface area is 107 Å². The molecule has 2 N–H and O–H groups in total. The fraction of sp³-hybridized carbons (Fsp3) is 0.500. The molecule has 2 heterocycles. The van der Waals surface area contributed by atoms with Crippen LogP contribution < -0.4 is 5.73 Å². The summed E-state index contributed by atoms with van der Waals surface area (Å²) in [6.07, 6.45) is 6.85. The molecule has 1 saturated carbocycles. The van der Waals surface area contributed by atoms with E-state index in [2.05, 4.69) is 34.2 Å². The van der Waals surface area contributed by atoms with Crippen LogP contribution in [-0.4, -0.2) is 14.3 Å². The third-order valence-electron chi connectivity index (χ3n) is 3.73. The molecule has 1 fully saturated rings. The Bertz CT molecular complexity index is 548. The van der Waals surface area contributed by atoms with Gasteiger partial charge >= 0.3 is 0 Å². The Hall–Kier alpha value is -1.55. The van der Waals surface area contributed by atoms with Crippen LogP contribution in [0.25, 0.3) is 0 Å². The third-order valence-corrected chi connectivity index (χ3v) is 3.73. The van der Waals surface area contributed by atoms with Crippen molar-refractivity contribution in [2.75, 3.05) is 0 Å². The van der Waals surface area contributed by atoms with E-state index in [9.17, 15) is 0 Å². The maximum absolute atomic E-state index is 6.21. The minimum Gasteiger partial charge on any atom is -0.348 e. The molecule has 4 nitrogen and oxygen atoms in total. The van der Waals surface area contributed by atoms with E-state index in [0.29, 0.717) is 5.92 Å². The molecule has 0 aliphatic heterocycles. The van der Waals surface area contributed by atoms with Crippen molar-refractivity contribution in [1.82, 2.24) is 14.3 Å². The van der Waals surface area contributed by atoms with Crippen molar-refractivity contribution >= 4 is 0 Å². The second kappa shape index (κ2) is 4.28. The van der Waals surface area contributed by atoms with Gasteiger partial charge in [-0.1, -0.05) is 0 Å². The second-order valence-electron chi connectivity index (χ2n) is 5.38. The van der Waals surface area contributed by atoms with Gasteiger partial charge in [0.05, 0.1) is 17.9 Å². The molecule has 1 unspecified atom stereocenters. The molecule has 2 aromatic rings. The summed E-state index contributed by atoms with van der Waals surface area (Å²) < 4.78 is 4.13. The summed E-state index contributed by atoms with van der Waals surface area (Å²) in [5, 5.41) is 4.37. The first-order valence-corrected chi connectivity index (χ1v) is 6.54. The summed E-state index contributed by atoms with van der Waals surface area (Å²) in [4.78, 5) is 0. The highest BCUT2D eigenvalue weighted by atomic mass is 15.3. The van der Waals surface area contributed by atoms with Crippen LogP contribution in [0.5, 0.6) is 0 Å². The van der Waals surface area contributed by atoms with E-state index in [1.807, 2.05) is 18.7 Å². The summed E-state index contributed by atoms with van der Waals surface area (Å²) in [6.45, 7) is 2.88. The molecule has 1 aliphatic rings. The average Bonchev–Trinajstić information content (AvgIpc) is 2.99. The van der Waals surface area contributed by atoms with Gasteiger partial charge in [0.25, 0.3) is 0 Å². The van der Waals surface area contributed by atoms with Crippen LogP contribution in [0.2, 0.25) is 0 Å². The largest absolute Gasteiger partial charge is 0.348 e. The Morgan fingerprint density at radius 1 is 1.50 bits per heavy atom. The predicted octanol–water partition coefficient (Wildman–Crippen LogP) is 1.99. The number of aryl methyl sites for hydroxylation is 2. The zero-order chi connectivity index (χ0) is 12.7. The molecule has 0 saturated heterocycles. The van der Waals surface area contributed by atoms with E-state index in [4.69, 9.17) is 5.73 Å². The van der Waals surface area contributed by atoms with Crippen LogP contribution in [0.1, 0.15) is 35.8 Å². The SMILES string of the molecule is Cc1cc(Cn2ccc(C(N)C3CC3)c2)n(C)n1. The normalized spacial score (nSPS) is 17.1. The Morgan fingerprint density at radius 2 is 2.28 bits per heavy atom. The Balaban J connectivity index is 1.75. The summed E-state index contributed by atoms with van der Waals surface area (Å²) in [5.41, 5.74) is 9.75. The number of aromatic nitrogens is 3. The Kier molecular flexibility index (Phi) is 2.74. The molecule has 0 radical (unpaired) electrons. The fourth-order valence-electron chi connectivity index (χ4n) is 2.48. The van der Waals surface area contributed by atoms with Crippen LogP contribution in [0.3, 0.4) is 0 Å². The standard InChI is InChI=1S/C14H20N4/c1-10-7-13(17(2)16-10)9-18-6-5-12(8-18)14(15)11-3-4-11/h5-8,11,14H,3-4,9,15H2,1-2H3. The zero-order valence-corrected chi connectivity index (χ0v) is 11.0. The number of nitrogens with zero attached hydrogens (tertiary/aromatic N) is 3. The first-order chi connectivity index (χ1) is 8.63. The van der Waals surface area contributed by atoms with Crippen molar-refractivity contribution < 1.29 is 0 Å². The van der Waals surface area contributed by atoms with Gasteiger partial charge in [-0.15, -0.1) is 0 Å². The van der Waals surface area contributed by atoms with Crippen LogP contribution >= 0.6 is 0 Å². The highest BCUT2D eigenvalue weighted by molar-refractivity contribution is 5.19. The Morgan fingerprint density at radius 3 is 2.89 bits per heavy atom. The minimum atomic E-state index is 0.222. The zero-order valence-electron chi connectivity index (χ0n) is 11.0. The maximum Gasteiger partial charge on any atom is 0.0639 e. The molecular weight excluding hydrogens is 224 g/mol. The van der Waals surface area contributed by atoms with Gasteiger partial charge in [-0.25, -0.2) is 0 Å². The van der Waals surface area contributed by atoms with Crippen molar-refractivity contribution in [2.45, 2.75) is 32.4 Å². The summed E-state index contributed by atoms with van der Waals surface area (Å²) in [7, 11) is 1.99. The van der Waals surface area contributed by atoms with Gasteiger partial charge in [0.15, 0.2) is 0 Å². The molecule has 1 aliphatic carbocycles. The van der Waals surface area contributed by atoms with E-state index < -0.39 is 0 Å². The van der Waals surface area contributed by atoms with E-state index in [-0.39, 0.29) is 6.04 Å². The van der Waals surface area contributed by atoms with Crippen LogP contribution in [-0.2, 0) is 13.6 Å². The van der Waals surface area contributed by atoms with E-state index in [0.717, 1.165) is 12.2 Å². The van der Waals surface area contributed by atoms with Crippen molar-refractivity contribution in [3.8, 4) is 0 Å². The summed E-state index contributed by atoms with van der Waals surface area (Å²) in [6, 6.07) is 4.49. The quantitative estimate of drug-likeness (QED) is 0.894. The van der Waals surface area contributed by atoms with Crippen LogP contribution in [0.15, 0.2) is 24.5 Å². The van der Waals surface area contributed by atoms with Crippen molar-refractivity contribution in [3.05, 3.63) is 41.5 Å². The molecule has 3 rings (SSSR count). The van der Waals surface area contributed by atoms with Crippen LogP contribution in [0.4, 0.5) is 0 Å². The fourth-order valence-corrected chi connectivity index (χ4v) is 2.48. The van der Waals surface area contributed by atoms with Gasteiger partial charge in [0.1, 0.15) is 0 Å². The van der Waals surface area contributed by atoms with Crippen molar-refractivity contribution in [3.63, 3.8) is 0 Å². The first kappa shape index (κ1) is 11.5. The highest BCUT2D eigenvalue weighted by Crippen LogP contribution is 2.39. The monoisotopic (exact) mass is 244 g/mol. The van der Waals surface area contributed by atoms with Crippen LogP contribution in [0, 0.1) is 12.8 Å². The number of rotatable bonds is 4. The average molecular weight is 244 g/mol. The number of hydrogen-bond donors (Lipinski definition) is 1. The number of hydrogen-bond acceptors (Lipinski definition) is 2. The van der Waals surface area contributed by atoms with E-state index in [1.165, 1.54) is 24.1 Å². The molecule has 0 aromatic carbocycles. The van der Waals surface area contributed by atoms with Gasteiger partial charge in [-0.2, -0.15) is 5.10 Å². The third kappa shape index (κ3) is 2.20. The van der Waals surface area contributed by atoms with Crippen molar-refractivity contribution in [2.24, 2.45) is 18.7 Å². The smallest absolute Gasteiger partial charge is 0.0639 e. The lowest BCUT2D eigenvalue weighted by Crippen LogP contribution is -2.11. The van der Waals surface area contributed by atoms with E-state index in [1.54, 1.807) is 0 Å². The lowest BCUT2D eigenvalue weighted by atomic mass is 10.1. The highest BCUT2D eigenvalue weighted by Gasteiger charge is 2.29. The van der Waals surface area contributed by atoms with Gasteiger partial charge in [0, 0.05) is 25.5 Å². The lowest BCUT2D eigenvalue weighted by Gasteiger charge is -2.07. The molecule has 0 spiro atoms. The van der Waals surface area contributed by atoms with Gasteiger partial charge in [-0.3, -0.25) is 4.68 Å². The second-order valence-corrected chi connectivity index (χ2v) is 5.38. The van der Waals surface area contributed by atoms with Gasteiger partial charge in [0.2, 0.25) is 0 Å². The first-order valence-electron chi connectivity index (χ1n) is 6.54. The molecule has 18 heavy (non-hydrogen) atoms. The lowest BCUT2D eigenvalue weighted by molar-refractivity contribution is 0.626. The molecule has 4 heteroatoms. The minimum absolute atomic E-state index is 0.222. The topological polar surface area (TPSA) is 48.8 Å². The van der Waals surface area contributed by atoms with Gasteiger partial charge < -0.3 is 10.3 Å². The molecule has 96 valence electrons. The van der Waals surface area contributed by atoms with Crippen molar-refractivity contribution in [1.29, 1.82) is 0 Å². The number of nitrogens with two attached hydrogens (primary N) is 1. The molecular formula is C14H20N4. The summed E-state index contributed by atoms with van der Waals surface area (Å²) >= 11 is 0. The van der Waals surface area contributed by atoms with E-state index >= 15 is 0 Å².